The van der Waals surface area contributed by atoms with E-state index in [1.54, 1.807) is 0 Å². The highest BCUT2D eigenvalue weighted by Crippen LogP contribution is 2.20. The number of nitrogens with zero attached hydrogens (tertiary/aromatic N) is 3. The number of aromatic nitrogens is 3. The molecule has 1 radical (unpaired) electrons. The van der Waals surface area contributed by atoms with Gasteiger partial charge >= 0.3 is 0 Å². The van der Waals surface area contributed by atoms with E-state index >= 15 is 0 Å². The van der Waals surface area contributed by atoms with Crippen LogP contribution < -0.4 is 0 Å². The molecule has 0 aliphatic rings. The third kappa shape index (κ3) is 1.68. The molecule has 2 aromatic heterocycles. The summed E-state index contributed by atoms with van der Waals surface area (Å²) in [5.41, 5.74) is 3.94. The van der Waals surface area contributed by atoms with Crippen LogP contribution >= 0.6 is 0 Å². The van der Waals surface area contributed by atoms with Gasteiger partial charge in [0.2, 0.25) is 0 Å². The highest BCUT2D eigenvalue weighted by molar-refractivity contribution is 5.74. The van der Waals surface area contributed by atoms with E-state index in [0.717, 1.165) is 34.8 Å². The SMILES string of the molecule is CCc1nc2ccc(C)nc2n1-c1c[c]ccc1. The summed E-state index contributed by atoms with van der Waals surface area (Å²) in [5.74, 6) is 1.03. The summed E-state index contributed by atoms with van der Waals surface area (Å²) in [7, 11) is 0. The van der Waals surface area contributed by atoms with Crippen molar-refractivity contribution in [2.45, 2.75) is 20.3 Å². The molecule has 0 unspecified atom stereocenters. The summed E-state index contributed by atoms with van der Waals surface area (Å²) in [6, 6.07) is 15.0. The van der Waals surface area contributed by atoms with Crippen LogP contribution in [0.1, 0.15) is 18.4 Å². The Balaban J connectivity index is 2.35. The zero-order valence-corrected chi connectivity index (χ0v) is 10.5. The first kappa shape index (κ1) is 11.0. The van der Waals surface area contributed by atoms with Crippen molar-refractivity contribution in [3.63, 3.8) is 0 Å². The Kier molecular flexibility index (Phi) is 2.59. The first-order valence-electron chi connectivity index (χ1n) is 6.11. The fraction of sp³-hybridized carbons (Fsp3) is 0.200. The van der Waals surface area contributed by atoms with Gasteiger partial charge in [-0.1, -0.05) is 19.1 Å². The van der Waals surface area contributed by atoms with Gasteiger partial charge in [-0.05, 0) is 37.3 Å². The molecule has 3 rings (SSSR count). The Bertz CT molecular complexity index is 684. The summed E-state index contributed by atoms with van der Waals surface area (Å²) in [6.07, 6.45) is 0.879. The lowest BCUT2D eigenvalue weighted by molar-refractivity contribution is 0.900. The summed E-state index contributed by atoms with van der Waals surface area (Å²) in [4.78, 5) is 9.24. The third-order valence-corrected chi connectivity index (χ3v) is 2.98. The van der Waals surface area contributed by atoms with Crippen LogP contribution in [0.5, 0.6) is 0 Å². The Morgan fingerprint density at radius 1 is 1.22 bits per heavy atom. The summed E-state index contributed by atoms with van der Waals surface area (Å²) >= 11 is 0. The number of pyridine rings is 1. The Morgan fingerprint density at radius 2 is 2.11 bits per heavy atom. The predicted octanol–water partition coefficient (Wildman–Crippen LogP) is 3.09. The van der Waals surface area contributed by atoms with E-state index < -0.39 is 0 Å². The monoisotopic (exact) mass is 236 g/mol. The van der Waals surface area contributed by atoms with E-state index in [0.29, 0.717) is 0 Å². The van der Waals surface area contributed by atoms with Crippen molar-refractivity contribution in [2.24, 2.45) is 0 Å². The lowest BCUT2D eigenvalue weighted by Crippen LogP contribution is -2.01. The van der Waals surface area contributed by atoms with Crippen LogP contribution in [0.2, 0.25) is 0 Å². The Morgan fingerprint density at radius 3 is 2.83 bits per heavy atom. The second-order valence-corrected chi connectivity index (χ2v) is 4.27. The fourth-order valence-corrected chi connectivity index (χ4v) is 2.13. The summed E-state index contributed by atoms with van der Waals surface area (Å²) < 4.78 is 2.11. The van der Waals surface area contributed by atoms with E-state index in [4.69, 9.17) is 0 Å². The molecule has 18 heavy (non-hydrogen) atoms. The largest absolute Gasteiger partial charge is 0.281 e. The van der Waals surface area contributed by atoms with Crippen molar-refractivity contribution in [3.05, 3.63) is 54.0 Å². The van der Waals surface area contributed by atoms with Gasteiger partial charge in [-0.2, -0.15) is 0 Å². The van der Waals surface area contributed by atoms with E-state index in [1.807, 2.05) is 37.3 Å². The molecule has 0 spiro atoms. The molecule has 3 nitrogen and oxygen atoms in total. The average Bonchev–Trinajstić information content (AvgIpc) is 2.77. The second-order valence-electron chi connectivity index (χ2n) is 4.27. The number of fused-ring (bicyclic) bond motifs is 1. The normalized spacial score (nSPS) is 11.0. The van der Waals surface area contributed by atoms with Crippen LogP contribution in [0, 0.1) is 13.0 Å². The molecule has 0 saturated heterocycles. The second kappa shape index (κ2) is 4.26. The molecule has 0 atom stereocenters. The van der Waals surface area contributed by atoms with Gasteiger partial charge in [0.05, 0.1) is 0 Å². The van der Waals surface area contributed by atoms with Crippen LogP contribution in [0.25, 0.3) is 16.9 Å². The van der Waals surface area contributed by atoms with Crippen LogP contribution in [0.4, 0.5) is 0 Å². The summed E-state index contributed by atoms with van der Waals surface area (Å²) in [6.45, 7) is 4.11. The molecule has 0 saturated carbocycles. The fourth-order valence-electron chi connectivity index (χ4n) is 2.13. The molecule has 0 amide bonds. The van der Waals surface area contributed by atoms with Gasteiger partial charge in [0.25, 0.3) is 0 Å². The maximum Gasteiger partial charge on any atom is 0.164 e. The van der Waals surface area contributed by atoms with Gasteiger partial charge in [-0.25, -0.2) is 9.97 Å². The van der Waals surface area contributed by atoms with Crippen LogP contribution in [-0.2, 0) is 6.42 Å². The van der Waals surface area contributed by atoms with Gasteiger partial charge in [0.15, 0.2) is 5.65 Å². The predicted molar refractivity (Wildman–Crippen MR) is 71.8 cm³/mol. The molecule has 3 aromatic rings. The van der Waals surface area contributed by atoms with Gasteiger partial charge in [-0.3, -0.25) is 4.57 Å². The topological polar surface area (TPSA) is 30.7 Å². The molecule has 89 valence electrons. The van der Waals surface area contributed by atoms with Crippen molar-refractivity contribution in [1.82, 2.24) is 14.5 Å². The van der Waals surface area contributed by atoms with Crippen molar-refractivity contribution < 1.29 is 0 Å². The number of benzene rings is 1. The quantitative estimate of drug-likeness (QED) is 0.684. The minimum absolute atomic E-state index is 0.879. The minimum atomic E-state index is 0.879. The number of aryl methyl sites for hydroxylation is 2. The van der Waals surface area contributed by atoms with Gasteiger partial charge in [0, 0.05) is 17.8 Å². The lowest BCUT2D eigenvalue weighted by Gasteiger charge is -2.07. The average molecular weight is 236 g/mol. The standard InChI is InChI=1S/C15H14N3/c1-3-14-17-13-10-9-11(2)16-15(13)18(14)12-7-5-4-6-8-12/h4-5,7-10H,3H2,1-2H3. The molecule has 0 N–H and O–H groups in total. The van der Waals surface area contributed by atoms with E-state index in [1.165, 1.54) is 0 Å². The molecular formula is C15H14N3. The van der Waals surface area contributed by atoms with Gasteiger partial charge in [-0.15, -0.1) is 0 Å². The highest BCUT2D eigenvalue weighted by Gasteiger charge is 2.11. The number of rotatable bonds is 2. The molecule has 0 aliphatic carbocycles. The lowest BCUT2D eigenvalue weighted by atomic mass is 10.3. The number of hydrogen-bond donors (Lipinski definition) is 0. The zero-order chi connectivity index (χ0) is 12.5. The van der Waals surface area contributed by atoms with Gasteiger partial charge in [0.1, 0.15) is 11.3 Å². The van der Waals surface area contributed by atoms with Crippen molar-refractivity contribution in [3.8, 4) is 5.69 Å². The number of hydrogen-bond acceptors (Lipinski definition) is 2. The highest BCUT2D eigenvalue weighted by atomic mass is 15.1. The van der Waals surface area contributed by atoms with Crippen LogP contribution in [0.3, 0.4) is 0 Å². The van der Waals surface area contributed by atoms with Crippen LogP contribution in [-0.4, -0.2) is 14.5 Å². The van der Waals surface area contributed by atoms with E-state index in [2.05, 4.69) is 33.6 Å². The van der Waals surface area contributed by atoms with E-state index in [9.17, 15) is 0 Å². The molecule has 3 heteroatoms. The van der Waals surface area contributed by atoms with E-state index in [-0.39, 0.29) is 0 Å². The number of imidazole rings is 1. The van der Waals surface area contributed by atoms with Crippen molar-refractivity contribution in [2.75, 3.05) is 0 Å². The van der Waals surface area contributed by atoms with Crippen molar-refractivity contribution >= 4 is 11.2 Å². The molecule has 0 fully saturated rings. The molecular weight excluding hydrogens is 222 g/mol. The van der Waals surface area contributed by atoms with Crippen molar-refractivity contribution in [1.29, 1.82) is 0 Å². The first-order valence-corrected chi connectivity index (χ1v) is 6.11. The molecule has 0 aliphatic heterocycles. The van der Waals surface area contributed by atoms with Gasteiger partial charge < -0.3 is 0 Å². The maximum atomic E-state index is 4.64. The third-order valence-electron chi connectivity index (χ3n) is 2.98. The zero-order valence-electron chi connectivity index (χ0n) is 10.5. The Hall–Kier alpha value is -2.16. The molecule has 1 aromatic carbocycles. The maximum absolute atomic E-state index is 4.64. The Labute approximate surface area is 106 Å². The smallest absolute Gasteiger partial charge is 0.164 e. The minimum Gasteiger partial charge on any atom is -0.281 e. The summed E-state index contributed by atoms with van der Waals surface area (Å²) in [5, 5.41) is 0. The molecule has 2 heterocycles. The van der Waals surface area contributed by atoms with Crippen LogP contribution in [0.15, 0.2) is 36.4 Å². The molecule has 0 bridgehead atoms. The first-order chi connectivity index (χ1) is 8.79.